The molecule has 1 atom stereocenters. The number of aromatic nitrogens is 1. The van der Waals surface area contributed by atoms with E-state index in [1.165, 1.54) is 11.3 Å². The van der Waals surface area contributed by atoms with Gasteiger partial charge in [0.05, 0.1) is 15.2 Å². The molecule has 0 radical (unpaired) electrons. The van der Waals surface area contributed by atoms with Crippen LogP contribution in [0.25, 0.3) is 10.2 Å². The molecule has 7 heteroatoms. The zero-order chi connectivity index (χ0) is 19.6. The Hall–Kier alpha value is -2.31. The molecule has 1 heterocycles. The maximum absolute atomic E-state index is 12.6. The number of carbonyl (C=O) groups excluding carboxylic acids is 1. The van der Waals surface area contributed by atoms with E-state index >= 15 is 0 Å². The highest BCUT2D eigenvalue weighted by atomic mass is 35.5. The number of ether oxygens (including phenoxy) is 1. The Kier molecular flexibility index (Phi) is 5.87. The predicted molar refractivity (Wildman–Crippen MR) is 111 cm³/mol. The van der Waals surface area contributed by atoms with Crippen molar-refractivity contribution in [1.82, 2.24) is 4.57 Å². The molecular weight excluding hydrogens is 384 g/mol. The van der Waals surface area contributed by atoms with E-state index in [2.05, 4.69) is 5.32 Å². The van der Waals surface area contributed by atoms with Gasteiger partial charge in [0.15, 0.2) is 6.10 Å². The normalized spacial score (nSPS) is 12.3. The number of benzene rings is 2. The first-order chi connectivity index (χ1) is 12.9. The first-order valence-electron chi connectivity index (χ1n) is 8.77. The van der Waals surface area contributed by atoms with E-state index in [-0.39, 0.29) is 16.8 Å². The van der Waals surface area contributed by atoms with E-state index in [0.29, 0.717) is 22.9 Å². The number of para-hydroxylation sites is 1. The monoisotopic (exact) mass is 404 g/mol. The molecule has 142 valence electrons. The maximum Gasteiger partial charge on any atom is 0.308 e. The van der Waals surface area contributed by atoms with Gasteiger partial charge in [0.2, 0.25) is 0 Å². The van der Waals surface area contributed by atoms with Gasteiger partial charge in [-0.25, -0.2) is 0 Å². The molecule has 0 fully saturated rings. The molecule has 0 bridgehead atoms. The molecule has 1 amide bonds. The highest BCUT2D eigenvalue weighted by molar-refractivity contribution is 7.16. The van der Waals surface area contributed by atoms with Crippen LogP contribution in [0.5, 0.6) is 5.75 Å². The van der Waals surface area contributed by atoms with E-state index in [0.717, 1.165) is 10.2 Å². The number of carbonyl (C=O) groups is 1. The quantitative estimate of drug-likeness (QED) is 0.622. The van der Waals surface area contributed by atoms with Crippen molar-refractivity contribution in [2.45, 2.75) is 39.3 Å². The fourth-order valence-electron chi connectivity index (χ4n) is 2.84. The van der Waals surface area contributed by atoms with Gasteiger partial charge in [-0.3, -0.25) is 14.2 Å². The van der Waals surface area contributed by atoms with Crippen molar-refractivity contribution in [3.63, 3.8) is 0 Å². The fraction of sp³-hybridized carbons (Fsp3) is 0.300. The van der Waals surface area contributed by atoms with Crippen molar-refractivity contribution in [2.75, 3.05) is 5.32 Å². The first kappa shape index (κ1) is 19.5. The molecular formula is C20H21ClN2O3S. The zero-order valence-corrected chi connectivity index (χ0v) is 16.9. The molecule has 0 spiro atoms. The molecule has 0 aliphatic heterocycles. The molecule has 1 aromatic heterocycles. The third kappa shape index (κ3) is 4.17. The minimum Gasteiger partial charge on any atom is -0.479 e. The second-order valence-corrected chi connectivity index (χ2v) is 7.85. The topological polar surface area (TPSA) is 60.3 Å². The van der Waals surface area contributed by atoms with Gasteiger partial charge in [-0.05, 0) is 50.6 Å². The third-order valence-corrected chi connectivity index (χ3v) is 5.40. The van der Waals surface area contributed by atoms with Crippen molar-refractivity contribution in [3.8, 4) is 5.75 Å². The van der Waals surface area contributed by atoms with Gasteiger partial charge in [0, 0.05) is 11.7 Å². The van der Waals surface area contributed by atoms with Crippen molar-refractivity contribution in [3.05, 3.63) is 57.2 Å². The number of nitrogens with zero attached hydrogens (tertiary/aromatic N) is 1. The second-order valence-electron chi connectivity index (χ2n) is 6.45. The molecule has 3 rings (SSSR count). The highest BCUT2D eigenvalue weighted by Gasteiger charge is 2.20. The smallest absolute Gasteiger partial charge is 0.308 e. The molecule has 0 aliphatic rings. The van der Waals surface area contributed by atoms with Crippen LogP contribution in [0.3, 0.4) is 0 Å². The lowest BCUT2D eigenvalue weighted by atomic mass is 10.2. The van der Waals surface area contributed by atoms with E-state index in [9.17, 15) is 9.59 Å². The number of rotatable bonds is 6. The number of fused-ring (bicyclic) bond motifs is 1. The summed E-state index contributed by atoms with van der Waals surface area (Å²) in [7, 11) is 0. The summed E-state index contributed by atoms with van der Waals surface area (Å²) in [5, 5.41) is 3.33. The van der Waals surface area contributed by atoms with Crippen molar-refractivity contribution >= 4 is 44.7 Å². The van der Waals surface area contributed by atoms with Crippen LogP contribution in [-0.2, 0) is 4.79 Å². The maximum atomic E-state index is 12.6. The molecule has 0 saturated heterocycles. The zero-order valence-electron chi connectivity index (χ0n) is 15.4. The number of thiazole rings is 1. The molecule has 5 nitrogen and oxygen atoms in total. The van der Waals surface area contributed by atoms with Gasteiger partial charge < -0.3 is 10.1 Å². The Morgan fingerprint density at radius 2 is 2.00 bits per heavy atom. The highest BCUT2D eigenvalue weighted by Crippen LogP contribution is 2.26. The summed E-state index contributed by atoms with van der Waals surface area (Å²) in [6, 6.07) is 12.6. The molecule has 2 aromatic carbocycles. The molecule has 0 saturated carbocycles. The lowest BCUT2D eigenvalue weighted by Gasteiger charge is -2.18. The Morgan fingerprint density at radius 1 is 1.26 bits per heavy atom. The van der Waals surface area contributed by atoms with Crippen LogP contribution in [0.2, 0.25) is 5.02 Å². The summed E-state index contributed by atoms with van der Waals surface area (Å²) in [6.45, 7) is 5.82. The van der Waals surface area contributed by atoms with E-state index in [1.807, 2.05) is 32.9 Å². The number of hydrogen-bond acceptors (Lipinski definition) is 4. The van der Waals surface area contributed by atoms with Crippen LogP contribution in [0.4, 0.5) is 5.69 Å². The van der Waals surface area contributed by atoms with Crippen LogP contribution >= 0.6 is 22.9 Å². The second kappa shape index (κ2) is 8.15. The average molecular weight is 405 g/mol. The molecule has 3 aromatic rings. The van der Waals surface area contributed by atoms with Gasteiger partial charge in [0.1, 0.15) is 5.75 Å². The van der Waals surface area contributed by atoms with Gasteiger partial charge >= 0.3 is 4.87 Å². The standard InChI is InChI=1S/C20H21ClN2O3S/c1-4-16(26-17-8-6-5-7-14(17)21)19(24)22-13-9-10-15-18(11-13)27-20(25)23(15)12(2)3/h5-12,16H,4H2,1-3H3,(H,22,24)/t16-/m1/s1. The molecule has 0 unspecified atom stereocenters. The fourth-order valence-corrected chi connectivity index (χ4v) is 4.07. The van der Waals surface area contributed by atoms with Crippen molar-refractivity contribution < 1.29 is 9.53 Å². The number of hydrogen-bond donors (Lipinski definition) is 1. The Morgan fingerprint density at radius 3 is 2.67 bits per heavy atom. The minimum absolute atomic E-state index is 0.00281. The van der Waals surface area contributed by atoms with Crippen LogP contribution < -0.4 is 14.9 Å². The number of nitrogens with one attached hydrogen (secondary N) is 1. The predicted octanol–water partition coefficient (Wildman–Crippen LogP) is 5.09. The number of amides is 1. The van der Waals surface area contributed by atoms with Gasteiger partial charge in [-0.15, -0.1) is 0 Å². The Labute approximate surface area is 166 Å². The SMILES string of the molecule is CC[C@@H](Oc1ccccc1Cl)C(=O)Nc1ccc2c(c1)sc(=O)n2C(C)C. The summed E-state index contributed by atoms with van der Waals surface area (Å²) < 4.78 is 8.37. The van der Waals surface area contributed by atoms with Crippen LogP contribution in [-0.4, -0.2) is 16.6 Å². The van der Waals surface area contributed by atoms with Crippen molar-refractivity contribution in [1.29, 1.82) is 0 Å². The summed E-state index contributed by atoms with van der Waals surface area (Å²) in [5.41, 5.74) is 1.50. The summed E-state index contributed by atoms with van der Waals surface area (Å²) in [5.74, 6) is 0.219. The number of anilines is 1. The first-order valence-corrected chi connectivity index (χ1v) is 9.97. The van der Waals surface area contributed by atoms with Crippen LogP contribution in [0.1, 0.15) is 33.2 Å². The number of halogens is 1. The van der Waals surface area contributed by atoms with E-state index in [1.54, 1.807) is 34.9 Å². The summed E-state index contributed by atoms with van der Waals surface area (Å²) in [4.78, 5) is 24.8. The Bertz CT molecular complexity index is 1030. The third-order valence-electron chi connectivity index (χ3n) is 4.17. The average Bonchev–Trinajstić information content (AvgIpc) is 2.96. The lowest BCUT2D eigenvalue weighted by molar-refractivity contribution is -0.122. The van der Waals surface area contributed by atoms with Crippen molar-refractivity contribution in [2.24, 2.45) is 0 Å². The molecule has 1 N–H and O–H groups in total. The van der Waals surface area contributed by atoms with Gasteiger partial charge in [0.25, 0.3) is 5.91 Å². The van der Waals surface area contributed by atoms with Gasteiger partial charge in [-0.2, -0.15) is 0 Å². The minimum atomic E-state index is -0.667. The van der Waals surface area contributed by atoms with Crippen LogP contribution in [0.15, 0.2) is 47.3 Å². The summed E-state index contributed by atoms with van der Waals surface area (Å²) in [6.07, 6.45) is -0.171. The van der Waals surface area contributed by atoms with Gasteiger partial charge in [-0.1, -0.05) is 42.0 Å². The molecule has 27 heavy (non-hydrogen) atoms. The van der Waals surface area contributed by atoms with E-state index < -0.39 is 6.10 Å². The van der Waals surface area contributed by atoms with E-state index in [4.69, 9.17) is 16.3 Å². The lowest BCUT2D eigenvalue weighted by Crippen LogP contribution is -2.32. The molecule has 0 aliphatic carbocycles. The van der Waals surface area contributed by atoms with Crippen LogP contribution in [0, 0.1) is 0 Å². The largest absolute Gasteiger partial charge is 0.479 e. The summed E-state index contributed by atoms with van der Waals surface area (Å²) >= 11 is 7.29. The Balaban J connectivity index is 1.80.